The average molecular weight is 405 g/mol. The molecule has 3 fully saturated rings. The number of ether oxygens (including phenoxy) is 2. The van der Waals surface area contributed by atoms with Crippen molar-refractivity contribution in [3.8, 4) is 0 Å². The number of hydrogen-bond donors (Lipinski definition) is 2. The van der Waals surface area contributed by atoms with Gasteiger partial charge in [0.25, 0.3) is 0 Å². The second-order valence-electron chi connectivity index (χ2n) is 9.71. The molecular weight excluding hydrogens is 372 g/mol. The maximum Gasteiger partial charge on any atom is 0.190 e. The van der Waals surface area contributed by atoms with Crippen LogP contribution in [0.4, 0.5) is 0 Å². The maximum absolute atomic E-state index is 12.9. The van der Waals surface area contributed by atoms with E-state index in [0.29, 0.717) is 12.8 Å². The van der Waals surface area contributed by atoms with E-state index in [0.717, 1.165) is 24.8 Å². The Balaban J connectivity index is 1.74. The van der Waals surface area contributed by atoms with E-state index in [9.17, 15) is 19.8 Å². The van der Waals surface area contributed by atoms with Crippen molar-refractivity contribution in [1.82, 2.24) is 0 Å². The molecule has 0 amide bonds. The highest BCUT2D eigenvalue weighted by Gasteiger charge is 2.69. The summed E-state index contributed by atoms with van der Waals surface area (Å²) in [6.45, 7) is 3.58. The molecule has 29 heavy (non-hydrogen) atoms. The van der Waals surface area contributed by atoms with Gasteiger partial charge in [0.05, 0.1) is 6.10 Å². The fraction of sp³-hybridized carbons (Fsp3) is 0.739. The molecule has 4 rings (SSSR count). The van der Waals surface area contributed by atoms with Crippen LogP contribution in [0.5, 0.6) is 0 Å². The Morgan fingerprint density at radius 1 is 1.31 bits per heavy atom. The number of aliphatic hydroxyl groups excluding tert-OH is 2. The molecule has 7 atom stereocenters. The Hall–Kier alpha value is -1.34. The van der Waals surface area contributed by atoms with Gasteiger partial charge in [0, 0.05) is 23.9 Å². The van der Waals surface area contributed by atoms with Crippen molar-refractivity contribution in [3.63, 3.8) is 0 Å². The lowest BCUT2D eigenvalue weighted by molar-refractivity contribution is -0.214. The minimum absolute atomic E-state index is 0.00683. The number of carbonyl (C=O) groups is 2. The molecule has 0 saturated heterocycles. The molecule has 0 unspecified atom stereocenters. The van der Waals surface area contributed by atoms with Crippen molar-refractivity contribution >= 4 is 11.6 Å². The zero-order valence-corrected chi connectivity index (χ0v) is 17.5. The van der Waals surface area contributed by atoms with Crippen molar-refractivity contribution in [3.05, 3.63) is 23.8 Å². The monoisotopic (exact) mass is 404 g/mol. The van der Waals surface area contributed by atoms with E-state index in [-0.39, 0.29) is 41.5 Å². The summed E-state index contributed by atoms with van der Waals surface area (Å²) in [4.78, 5) is 24.8. The number of ketones is 2. The van der Waals surface area contributed by atoms with Crippen LogP contribution in [0.25, 0.3) is 0 Å². The first-order valence-electron chi connectivity index (χ1n) is 10.6. The predicted octanol–water partition coefficient (Wildman–Crippen LogP) is 2.19. The summed E-state index contributed by atoms with van der Waals surface area (Å²) in [5.74, 6) is 0.131. The number of hydrogen-bond acceptors (Lipinski definition) is 6. The molecule has 0 aliphatic heterocycles. The molecule has 160 valence electrons. The van der Waals surface area contributed by atoms with E-state index in [2.05, 4.69) is 6.92 Å². The van der Waals surface area contributed by atoms with Crippen LogP contribution in [0, 0.1) is 28.6 Å². The van der Waals surface area contributed by atoms with Gasteiger partial charge >= 0.3 is 0 Å². The largest absolute Gasteiger partial charge is 0.393 e. The molecular formula is C23H32O6. The zero-order chi connectivity index (χ0) is 21.0. The lowest BCUT2D eigenvalue weighted by atomic mass is 9.46. The first kappa shape index (κ1) is 20.9. The molecule has 4 aliphatic carbocycles. The van der Waals surface area contributed by atoms with Crippen molar-refractivity contribution in [1.29, 1.82) is 0 Å². The Morgan fingerprint density at radius 2 is 2.07 bits per heavy atom. The Kier molecular flexibility index (Phi) is 5.13. The first-order chi connectivity index (χ1) is 13.7. The SMILES string of the molecule is COCO[C@]1(C(=O)CO)CC[C@H]2[C@@H]3CCC4=CC(=O)C=C[C@]4(C)[C@H]3[C@@H](O)C[C@@]21C. The number of allylic oxidation sites excluding steroid dienone is 4. The van der Waals surface area contributed by atoms with E-state index in [1.807, 2.05) is 13.0 Å². The van der Waals surface area contributed by atoms with Crippen LogP contribution in [0.2, 0.25) is 0 Å². The minimum atomic E-state index is -1.14. The molecule has 0 radical (unpaired) electrons. The van der Waals surface area contributed by atoms with Crippen LogP contribution >= 0.6 is 0 Å². The van der Waals surface area contributed by atoms with Crippen LogP contribution in [-0.4, -0.2) is 54.0 Å². The molecule has 0 aromatic heterocycles. The van der Waals surface area contributed by atoms with E-state index < -0.39 is 23.7 Å². The molecule has 4 aliphatic rings. The average Bonchev–Trinajstić information content (AvgIpc) is 2.98. The van der Waals surface area contributed by atoms with Crippen molar-refractivity contribution in [2.24, 2.45) is 28.6 Å². The molecule has 6 nitrogen and oxygen atoms in total. The molecule has 0 heterocycles. The van der Waals surface area contributed by atoms with Gasteiger partial charge in [0.1, 0.15) is 19.0 Å². The van der Waals surface area contributed by atoms with Gasteiger partial charge in [-0.25, -0.2) is 0 Å². The van der Waals surface area contributed by atoms with E-state index >= 15 is 0 Å². The highest BCUT2D eigenvalue weighted by molar-refractivity contribution is 6.01. The number of methoxy groups -OCH3 is 1. The molecule has 0 aromatic carbocycles. The van der Waals surface area contributed by atoms with Gasteiger partial charge in [0.2, 0.25) is 0 Å². The maximum atomic E-state index is 12.9. The summed E-state index contributed by atoms with van der Waals surface area (Å²) in [7, 11) is 1.52. The molecule has 6 heteroatoms. The van der Waals surface area contributed by atoms with Crippen molar-refractivity contribution in [2.75, 3.05) is 20.5 Å². The highest BCUT2D eigenvalue weighted by atomic mass is 16.7. The third kappa shape index (κ3) is 2.76. The summed E-state index contributed by atoms with van der Waals surface area (Å²) in [6.07, 6.45) is 8.22. The Labute approximate surface area is 172 Å². The van der Waals surface area contributed by atoms with Gasteiger partial charge in [-0.05, 0) is 56.1 Å². The number of Topliss-reactive ketones (excluding diaryl/α,β-unsaturated/α-hetero) is 1. The summed E-state index contributed by atoms with van der Waals surface area (Å²) in [6, 6.07) is 0. The summed E-state index contributed by atoms with van der Waals surface area (Å²) >= 11 is 0. The normalized spacial score (nSPS) is 46.0. The first-order valence-corrected chi connectivity index (χ1v) is 10.6. The topological polar surface area (TPSA) is 93.1 Å². The number of aliphatic hydroxyl groups is 2. The summed E-state index contributed by atoms with van der Waals surface area (Å²) < 4.78 is 11.1. The Bertz CT molecular complexity index is 771. The quantitative estimate of drug-likeness (QED) is 0.683. The van der Waals surface area contributed by atoms with Gasteiger partial charge < -0.3 is 19.7 Å². The fourth-order valence-corrected chi connectivity index (χ4v) is 7.38. The molecule has 0 bridgehead atoms. The number of carbonyl (C=O) groups excluding carboxylic acids is 2. The smallest absolute Gasteiger partial charge is 0.190 e. The third-order valence-corrected chi connectivity index (χ3v) is 8.63. The van der Waals surface area contributed by atoms with Crippen LogP contribution in [0.15, 0.2) is 23.8 Å². The lowest BCUT2D eigenvalue weighted by Crippen LogP contribution is -2.62. The van der Waals surface area contributed by atoms with Crippen LogP contribution in [0.3, 0.4) is 0 Å². The Morgan fingerprint density at radius 3 is 2.76 bits per heavy atom. The van der Waals surface area contributed by atoms with Crippen molar-refractivity contribution in [2.45, 2.75) is 57.7 Å². The van der Waals surface area contributed by atoms with Gasteiger partial charge in [-0.3, -0.25) is 9.59 Å². The van der Waals surface area contributed by atoms with Crippen LogP contribution in [0.1, 0.15) is 46.0 Å². The molecule has 2 N–H and O–H groups in total. The van der Waals surface area contributed by atoms with E-state index in [4.69, 9.17) is 9.47 Å². The summed E-state index contributed by atoms with van der Waals surface area (Å²) in [5.41, 5.74) is -0.932. The second kappa shape index (κ2) is 7.12. The second-order valence-corrected chi connectivity index (χ2v) is 9.71. The van der Waals surface area contributed by atoms with E-state index in [1.165, 1.54) is 7.11 Å². The van der Waals surface area contributed by atoms with Crippen LogP contribution in [-0.2, 0) is 19.1 Å². The molecule has 3 saturated carbocycles. The molecule has 0 aromatic rings. The minimum Gasteiger partial charge on any atom is -0.393 e. The van der Waals surface area contributed by atoms with Crippen LogP contribution < -0.4 is 0 Å². The van der Waals surface area contributed by atoms with Gasteiger partial charge in [-0.2, -0.15) is 0 Å². The van der Waals surface area contributed by atoms with E-state index in [1.54, 1.807) is 12.2 Å². The predicted molar refractivity (Wildman–Crippen MR) is 106 cm³/mol. The lowest BCUT2D eigenvalue weighted by Gasteiger charge is -2.60. The highest BCUT2D eigenvalue weighted by Crippen LogP contribution is 2.67. The van der Waals surface area contributed by atoms with Gasteiger partial charge in [-0.15, -0.1) is 0 Å². The molecule has 0 spiro atoms. The van der Waals surface area contributed by atoms with Gasteiger partial charge in [-0.1, -0.05) is 25.5 Å². The van der Waals surface area contributed by atoms with Gasteiger partial charge in [0.15, 0.2) is 11.6 Å². The summed E-state index contributed by atoms with van der Waals surface area (Å²) in [5, 5.41) is 21.1. The fourth-order valence-electron chi connectivity index (χ4n) is 7.38. The number of rotatable bonds is 5. The number of fused-ring (bicyclic) bond motifs is 5. The third-order valence-electron chi connectivity index (χ3n) is 8.63. The van der Waals surface area contributed by atoms with Crippen molar-refractivity contribution < 1.29 is 29.3 Å². The zero-order valence-electron chi connectivity index (χ0n) is 17.5. The standard InChI is InChI=1S/C23H32O6/c1-21-8-6-15(25)10-14(21)4-5-16-17-7-9-23(19(27)12-24,29-13-28-3)22(17,2)11-18(26)20(16)21/h6,8,10,16-18,20,24,26H,4-5,7,9,11-13H2,1-3H3/t16-,17-,18-,20+,21-,22-,23-/m0/s1.